The van der Waals surface area contributed by atoms with Crippen LogP contribution in [0.15, 0.2) is 96.6 Å². The Morgan fingerprint density at radius 3 is 2.18 bits per heavy atom. The molecule has 3 rings (SSSR count). The molecule has 0 saturated carbocycles. The number of hydrogen-bond donors (Lipinski definition) is 0. The van der Waals surface area contributed by atoms with Crippen LogP contribution in [0, 0.1) is 5.92 Å². The molecule has 0 N–H and O–H groups in total. The van der Waals surface area contributed by atoms with Crippen LogP contribution in [0.4, 0.5) is 0 Å². The molecule has 1 fully saturated rings. The largest absolute Gasteiger partial charge is 0.449 e. The molecule has 0 radical (unpaired) electrons. The maximum absolute atomic E-state index is 12.7. The minimum absolute atomic E-state index is 0.291. The number of hydrogen-bond acceptors (Lipinski definition) is 3. The summed E-state index contributed by atoms with van der Waals surface area (Å²) in [5.41, 5.74) is 4.12. The Bertz CT molecular complexity index is 935. The second kappa shape index (κ2) is 13.1. The van der Waals surface area contributed by atoms with Crippen molar-refractivity contribution in [3.8, 4) is 0 Å². The molecule has 34 heavy (non-hydrogen) atoms. The number of ether oxygens (including phenoxy) is 2. The highest BCUT2D eigenvalue weighted by molar-refractivity contribution is 5.83. The van der Waals surface area contributed by atoms with E-state index < -0.39 is 6.10 Å². The van der Waals surface area contributed by atoms with Crippen LogP contribution in [0.2, 0.25) is 0 Å². The highest BCUT2D eigenvalue weighted by Crippen LogP contribution is 2.29. The molecule has 1 aliphatic heterocycles. The van der Waals surface area contributed by atoms with Crippen molar-refractivity contribution in [2.75, 3.05) is 0 Å². The summed E-state index contributed by atoms with van der Waals surface area (Å²) < 4.78 is 11.4. The van der Waals surface area contributed by atoms with E-state index in [-0.39, 0.29) is 5.97 Å². The Morgan fingerprint density at radius 1 is 1.00 bits per heavy atom. The zero-order valence-electron chi connectivity index (χ0n) is 20.8. The van der Waals surface area contributed by atoms with Gasteiger partial charge >= 0.3 is 5.97 Å². The zero-order chi connectivity index (χ0) is 24.3. The van der Waals surface area contributed by atoms with Gasteiger partial charge in [-0.15, -0.1) is 6.58 Å². The van der Waals surface area contributed by atoms with Gasteiger partial charge in [-0.1, -0.05) is 105 Å². The summed E-state index contributed by atoms with van der Waals surface area (Å²) in [6, 6.07) is 19.7. The standard InChI is InChI=1S/C31H38O3/c1-5-28-29(33-28)19-13-12-14-23(2)20-24(3)21-25(4)22-30(32)34-31(26-15-8-6-9-16-26)27-17-10-7-11-18-27/h5-11,15-18,21-23,28-29,31H,1,12-14,19-20H2,2-4H3/b24-21+,25-22+/t23-,28-,29+/m1/s1. The molecule has 0 unspecified atom stereocenters. The summed E-state index contributed by atoms with van der Waals surface area (Å²) in [7, 11) is 0. The van der Waals surface area contributed by atoms with Gasteiger partial charge in [0.25, 0.3) is 0 Å². The van der Waals surface area contributed by atoms with Crippen LogP contribution in [-0.2, 0) is 14.3 Å². The van der Waals surface area contributed by atoms with Crippen molar-refractivity contribution in [3.63, 3.8) is 0 Å². The number of carbonyl (C=O) groups is 1. The normalized spacial score (nSPS) is 19.1. The number of allylic oxidation sites excluding steroid dienone is 3. The van der Waals surface area contributed by atoms with Gasteiger partial charge in [0.1, 0.15) is 6.10 Å². The maximum Gasteiger partial charge on any atom is 0.331 e. The molecule has 0 bridgehead atoms. The van der Waals surface area contributed by atoms with E-state index in [0.29, 0.717) is 18.1 Å². The van der Waals surface area contributed by atoms with Gasteiger partial charge in [0, 0.05) is 6.08 Å². The van der Waals surface area contributed by atoms with Crippen molar-refractivity contribution in [3.05, 3.63) is 108 Å². The molecule has 3 atom stereocenters. The van der Waals surface area contributed by atoms with Gasteiger partial charge in [0.15, 0.2) is 6.10 Å². The van der Waals surface area contributed by atoms with Gasteiger partial charge in [-0.25, -0.2) is 4.79 Å². The van der Waals surface area contributed by atoms with E-state index in [1.54, 1.807) is 6.08 Å². The fourth-order valence-corrected chi connectivity index (χ4v) is 4.50. The third-order valence-corrected chi connectivity index (χ3v) is 6.22. The number of epoxide rings is 1. The minimum Gasteiger partial charge on any atom is -0.449 e. The highest BCUT2D eigenvalue weighted by atomic mass is 16.6. The molecule has 2 aromatic carbocycles. The van der Waals surface area contributed by atoms with E-state index in [1.807, 2.05) is 73.7 Å². The maximum atomic E-state index is 12.7. The number of esters is 1. The quantitative estimate of drug-likeness (QED) is 0.0769. The summed E-state index contributed by atoms with van der Waals surface area (Å²) in [5.74, 6) is 0.291. The summed E-state index contributed by atoms with van der Waals surface area (Å²) in [6.45, 7) is 10.2. The van der Waals surface area contributed by atoms with Crippen LogP contribution in [0.3, 0.4) is 0 Å². The molecule has 1 saturated heterocycles. The van der Waals surface area contributed by atoms with Gasteiger partial charge in [-0.05, 0) is 49.3 Å². The van der Waals surface area contributed by atoms with E-state index in [2.05, 4.69) is 26.5 Å². The fourth-order valence-electron chi connectivity index (χ4n) is 4.50. The van der Waals surface area contributed by atoms with E-state index in [0.717, 1.165) is 29.5 Å². The first-order valence-electron chi connectivity index (χ1n) is 12.4. The second-order valence-corrected chi connectivity index (χ2v) is 9.49. The number of benzene rings is 2. The average molecular weight is 459 g/mol. The van der Waals surface area contributed by atoms with Crippen molar-refractivity contribution in [2.24, 2.45) is 5.92 Å². The van der Waals surface area contributed by atoms with Crippen molar-refractivity contribution in [1.82, 2.24) is 0 Å². The average Bonchev–Trinajstić information content (AvgIpc) is 3.60. The molecule has 0 aliphatic carbocycles. The van der Waals surface area contributed by atoms with E-state index in [9.17, 15) is 4.79 Å². The minimum atomic E-state index is -0.424. The SMILES string of the molecule is C=C[C@H]1O[C@H]1CCCC[C@@H](C)C/C(C)=C/C(C)=C/C(=O)OC(c1ccccc1)c1ccccc1. The first-order chi connectivity index (χ1) is 16.5. The summed E-state index contributed by atoms with van der Waals surface area (Å²) >= 11 is 0. The highest BCUT2D eigenvalue weighted by Gasteiger charge is 2.34. The van der Waals surface area contributed by atoms with Gasteiger partial charge in [-0.3, -0.25) is 0 Å². The van der Waals surface area contributed by atoms with Crippen molar-refractivity contribution >= 4 is 5.97 Å². The Kier molecular flexibility index (Phi) is 9.90. The number of unbranched alkanes of at least 4 members (excludes halogenated alkanes) is 1. The lowest BCUT2D eigenvalue weighted by Crippen LogP contribution is -2.11. The molecular formula is C31H38O3. The van der Waals surface area contributed by atoms with Crippen molar-refractivity contribution in [2.45, 2.75) is 71.2 Å². The third-order valence-electron chi connectivity index (χ3n) is 6.22. The smallest absolute Gasteiger partial charge is 0.331 e. The molecule has 0 spiro atoms. The first-order valence-corrected chi connectivity index (χ1v) is 12.4. The lowest BCUT2D eigenvalue weighted by atomic mass is 9.95. The van der Waals surface area contributed by atoms with Gasteiger partial charge in [0.05, 0.1) is 6.10 Å². The van der Waals surface area contributed by atoms with Gasteiger partial charge < -0.3 is 9.47 Å². The van der Waals surface area contributed by atoms with Gasteiger partial charge in [0.2, 0.25) is 0 Å². The van der Waals surface area contributed by atoms with Crippen molar-refractivity contribution < 1.29 is 14.3 Å². The number of carbonyl (C=O) groups excluding carboxylic acids is 1. The fraction of sp³-hybridized carbons (Fsp3) is 0.387. The van der Waals surface area contributed by atoms with Gasteiger partial charge in [-0.2, -0.15) is 0 Å². The second-order valence-electron chi connectivity index (χ2n) is 9.49. The molecule has 180 valence electrons. The van der Waals surface area contributed by atoms with E-state index in [4.69, 9.17) is 9.47 Å². The third kappa shape index (κ3) is 8.46. The Balaban J connectivity index is 1.50. The lowest BCUT2D eigenvalue weighted by molar-refractivity contribution is -0.141. The van der Waals surface area contributed by atoms with Crippen molar-refractivity contribution in [1.29, 1.82) is 0 Å². The zero-order valence-corrected chi connectivity index (χ0v) is 20.8. The predicted molar refractivity (Wildman–Crippen MR) is 139 cm³/mol. The summed E-state index contributed by atoms with van der Waals surface area (Å²) in [6.07, 6.45) is 11.7. The molecule has 2 aromatic rings. The monoisotopic (exact) mass is 458 g/mol. The van der Waals surface area contributed by atoms with Crippen LogP contribution in [0.5, 0.6) is 0 Å². The van der Waals surface area contributed by atoms with Crippen LogP contribution in [0.25, 0.3) is 0 Å². The summed E-state index contributed by atoms with van der Waals surface area (Å²) in [4.78, 5) is 12.7. The van der Waals surface area contributed by atoms with Crippen LogP contribution >= 0.6 is 0 Å². The predicted octanol–water partition coefficient (Wildman–Crippen LogP) is 7.75. The molecular weight excluding hydrogens is 420 g/mol. The molecule has 0 amide bonds. The van der Waals surface area contributed by atoms with Crippen LogP contribution in [-0.4, -0.2) is 18.2 Å². The Labute approximate surface area is 205 Å². The van der Waals surface area contributed by atoms with E-state index >= 15 is 0 Å². The Hall–Kier alpha value is -2.91. The molecule has 3 nitrogen and oxygen atoms in total. The molecule has 0 aromatic heterocycles. The Morgan fingerprint density at radius 2 is 1.62 bits per heavy atom. The topological polar surface area (TPSA) is 38.8 Å². The molecule has 1 aliphatic rings. The van der Waals surface area contributed by atoms with Crippen LogP contribution < -0.4 is 0 Å². The molecule has 3 heteroatoms. The first kappa shape index (κ1) is 25.7. The summed E-state index contributed by atoms with van der Waals surface area (Å²) in [5, 5.41) is 0. The van der Waals surface area contributed by atoms with Crippen LogP contribution in [0.1, 0.15) is 70.1 Å². The van der Waals surface area contributed by atoms with E-state index in [1.165, 1.54) is 24.8 Å². The number of rotatable bonds is 13. The lowest BCUT2D eigenvalue weighted by Gasteiger charge is -2.18. The molecule has 1 heterocycles.